The van der Waals surface area contributed by atoms with Crippen LogP contribution < -0.4 is 10.6 Å². The Bertz CT molecular complexity index is 152. The zero-order valence-electron chi connectivity index (χ0n) is 8.68. The molecule has 2 heteroatoms. The summed E-state index contributed by atoms with van der Waals surface area (Å²) in [5, 5.41) is 7.09. The van der Waals surface area contributed by atoms with Crippen molar-refractivity contribution in [3.8, 4) is 0 Å². The molecule has 0 bridgehead atoms. The van der Waals surface area contributed by atoms with Crippen LogP contribution in [0.5, 0.6) is 0 Å². The van der Waals surface area contributed by atoms with Crippen LogP contribution in [0.4, 0.5) is 0 Å². The number of hydrogen-bond donors (Lipinski definition) is 2. The molecular formula is C11H22N2. The minimum atomic E-state index is 0.809. The lowest BCUT2D eigenvalue weighted by molar-refractivity contribution is 0.511. The van der Waals surface area contributed by atoms with Gasteiger partial charge in [0.15, 0.2) is 0 Å². The quantitative estimate of drug-likeness (QED) is 0.628. The average molecular weight is 182 g/mol. The van der Waals surface area contributed by atoms with Gasteiger partial charge in [-0.1, -0.05) is 6.92 Å². The molecule has 0 spiro atoms. The first-order valence-electron chi connectivity index (χ1n) is 5.80. The molecule has 2 aliphatic rings. The van der Waals surface area contributed by atoms with Crippen LogP contribution in [0, 0.1) is 11.8 Å². The zero-order valence-corrected chi connectivity index (χ0v) is 8.68. The van der Waals surface area contributed by atoms with Gasteiger partial charge in [0.2, 0.25) is 0 Å². The molecule has 13 heavy (non-hydrogen) atoms. The van der Waals surface area contributed by atoms with E-state index in [9.17, 15) is 0 Å². The van der Waals surface area contributed by atoms with Crippen molar-refractivity contribution in [2.24, 2.45) is 11.8 Å². The summed E-state index contributed by atoms with van der Waals surface area (Å²) < 4.78 is 0. The van der Waals surface area contributed by atoms with E-state index >= 15 is 0 Å². The Balaban J connectivity index is 1.44. The smallest absolute Gasteiger partial charge is 0.00796 e. The third kappa shape index (κ3) is 2.96. The Morgan fingerprint density at radius 3 is 2.92 bits per heavy atom. The lowest BCUT2D eigenvalue weighted by Crippen LogP contribution is -2.28. The third-order valence-electron chi connectivity index (χ3n) is 3.51. The van der Waals surface area contributed by atoms with E-state index in [0.29, 0.717) is 0 Å². The van der Waals surface area contributed by atoms with Crippen molar-refractivity contribution in [2.75, 3.05) is 19.6 Å². The lowest BCUT2D eigenvalue weighted by atomic mass is 10.1. The van der Waals surface area contributed by atoms with Crippen molar-refractivity contribution in [1.29, 1.82) is 0 Å². The Kier molecular flexibility index (Phi) is 3.23. The van der Waals surface area contributed by atoms with E-state index in [0.717, 1.165) is 17.9 Å². The van der Waals surface area contributed by atoms with E-state index < -0.39 is 0 Å². The molecule has 1 saturated carbocycles. The van der Waals surface area contributed by atoms with Gasteiger partial charge < -0.3 is 10.6 Å². The summed E-state index contributed by atoms with van der Waals surface area (Å²) in [7, 11) is 0. The predicted octanol–water partition coefficient (Wildman–Crippen LogP) is 1.37. The van der Waals surface area contributed by atoms with Gasteiger partial charge in [-0.15, -0.1) is 0 Å². The highest BCUT2D eigenvalue weighted by Crippen LogP contribution is 2.36. The molecule has 0 aromatic rings. The second-order valence-electron chi connectivity index (χ2n) is 4.76. The summed E-state index contributed by atoms with van der Waals surface area (Å²) >= 11 is 0. The molecule has 0 radical (unpaired) electrons. The second kappa shape index (κ2) is 4.43. The van der Waals surface area contributed by atoms with Gasteiger partial charge >= 0.3 is 0 Å². The summed E-state index contributed by atoms with van der Waals surface area (Å²) in [6.07, 6.45) is 5.54. The number of nitrogens with one attached hydrogen (secondary N) is 2. The van der Waals surface area contributed by atoms with E-state index in [2.05, 4.69) is 17.6 Å². The molecule has 1 aliphatic heterocycles. The van der Waals surface area contributed by atoms with Crippen molar-refractivity contribution in [2.45, 2.75) is 38.6 Å². The molecule has 2 N–H and O–H groups in total. The van der Waals surface area contributed by atoms with Crippen LogP contribution in [0.25, 0.3) is 0 Å². The van der Waals surface area contributed by atoms with E-state index in [1.807, 2.05) is 0 Å². The van der Waals surface area contributed by atoms with Gasteiger partial charge in [-0.25, -0.2) is 0 Å². The molecule has 0 aromatic heterocycles. The molecule has 1 heterocycles. The molecule has 3 unspecified atom stereocenters. The van der Waals surface area contributed by atoms with Crippen molar-refractivity contribution in [3.63, 3.8) is 0 Å². The Labute approximate surface area is 81.5 Å². The standard InChI is InChI=1S/C11H22N2/c1-9-7-10(9)8-12-6-4-11-3-2-5-13-11/h9-13H,2-8H2,1H3. The predicted molar refractivity (Wildman–Crippen MR) is 55.8 cm³/mol. The van der Waals surface area contributed by atoms with Crippen LogP contribution in [0.1, 0.15) is 32.6 Å². The topological polar surface area (TPSA) is 24.1 Å². The van der Waals surface area contributed by atoms with Crippen LogP contribution >= 0.6 is 0 Å². The zero-order chi connectivity index (χ0) is 9.10. The molecule has 1 aliphatic carbocycles. The maximum Gasteiger partial charge on any atom is 0.00796 e. The van der Waals surface area contributed by atoms with Crippen molar-refractivity contribution >= 4 is 0 Å². The summed E-state index contributed by atoms with van der Waals surface area (Å²) in [5.41, 5.74) is 0. The molecule has 0 amide bonds. The molecule has 3 atom stereocenters. The fourth-order valence-corrected chi connectivity index (χ4v) is 2.25. The summed E-state index contributed by atoms with van der Waals surface area (Å²) in [6.45, 7) is 6.06. The van der Waals surface area contributed by atoms with E-state index in [1.54, 1.807) is 0 Å². The van der Waals surface area contributed by atoms with Gasteiger partial charge in [0.25, 0.3) is 0 Å². The van der Waals surface area contributed by atoms with Crippen molar-refractivity contribution in [1.82, 2.24) is 10.6 Å². The first-order valence-corrected chi connectivity index (χ1v) is 5.80. The normalized spacial score (nSPS) is 38.1. The monoisotopic (exact) mass is 182 g/mol. The molecule has 76 valence electrons. The van der Waals surface area contributed by atoms with E-state index in [4.69, 9.17) is 0 Å². The van der Waals surface area contributed by atoms with Crippen LogP contribution in [-0.2, 0) is 0 Å². The van der Waals surface area contributed by atoms with Crippen molar-refractivity contribution < 1.29 is 0 Å². The summed E-state index contributed by atoms with van der Waals surface area (Å²) in [6, 6.07) is 0.809. The minimum absolute atomic E-state index is 0.809. The molecule has 2 rings (SSSR count). The molecule has 0 aromatic carbocycles. The highest BCUT2D eigenvalue weighted by Gasteiger charge is 2.31. The second-order valence-corrected chi connectivity index (χ2v) is 4.76. The van der Waals surface area contributed by atoms with Crippen molar-refractivity contribution in [3.05, 3.63) is 0 Å². The van der Waals surface area contributed by atoms with Gasteiger partial charge in [-0.2, -0.15) is 0 Å². The number of rotatable bonds is 5. The highest BCUT2D eigenvalue weighted by molar-refractivity contribution is 4.84. The fraction of sp³-hybridized carbons (Fsp3) is 1.00. The lowest BCUT2D eigenvalue weighted by Gasteiger charge is -2.10. The Hall–Kier alpha value is -0.0800. The first kappa shape index (κ1) is 9.47. The Morgan fingerprint density at radius 2 is 2.31 bits per heavy atom. The fourth-order valence-electron chi connectivity index (χ4n) is 2.25. The summed E-state index contributed by atoms with van der Waals surface area (Å²) in [4.78, 5) is 0. The number of hydrogen-bond acceptors (Lipinski definition) is 2. The minimum Gasteiger partial charge on any atom is -0.316 e. The van der Waals surface area contributed by atoms with E-state index in [1.165, 1.54) is 45.3 Å². The third-order valence-corrected chi connectivity index (χ3v) is 3.51. The largest absolute Gasteiger partial charge is 0.316 e. The van der Waals surface area contributed by atoms with Crippen LogP contribution in [0.15, 0.2) is 0 Å². The van der Waals surface area contributed by atoms with Gasteiger partial charge in [0.05, 0.1) is 0 Å². The first-order chi connectivity index (χ1) is 6.36. The van der Waals surface area contributed by atoms with Crippen LogP contribution in [0.3, 0.4) is 0 Å². The van der Waals surface area contributed by atoms with Crippen LogP contribution in [0.2, 0.25) is 0 Å². The molecular weight excluding hydrogens is 160 g/mol. The average Bonchev–Trinajstić information content (AvgIpc) is 2.67. The maximum absolute atomic E-state index is 3.56. The Morgan fingerprint density at radius 1 is 1.46 bits per heavy atom. The highest BCUT2D eigenvalue weighted by atomic mass is 15.0. The molecule has 2 fully saturated rings. The van der Waals surface area contributed by atoms with E-state index in [-0.39, 0.29) is 0 Å². The van der Waals surface area contributed by atoms with Gasteiger partial charge in [0, 0.05) is 6.04 Å². The summed E-state index contributed by atoms with van der Waals surface area (Å²) in [5.74, 6) is 1.99. The molecule has 2 nitrogen and oxygen atoms in total. The van der Waals surface area contributed by atoms with Gasteiger partial charge in [-0.3, -0.25) is 0 Å². The maximum atomic E-state index is 3.56. The van der Waals surface area contributed by atoms with Gasteiger partial charge in [-0.05, 0) is 57.2 Å². The van der Waals surface area contributed by atoms with Gasteiger partial charge in [0.1, 0.15) is 0 Å². The molecule has 1 saturated heterocycles. The SMILES string of the molecule is CC1CC1CNCCC1CCCN1. The van der Waals surface area contributed by atoms with Crippen LogP contribution in [-0.4, -0.2) is 25.7 Å².